The van der Waals surface area contributed by atoms with Crippen LogP contribution in [0.2, 0.25) is 0 Å². The van der Waals surface area contributed by atoms with Crippen LogP contribution in [0.25, 0.3) is 10.8 Å². The lowest BCUT2D eigenvalue weighted by Crippen LogP contribution is -2.19. The zero-order chi connectivity index (χ0) is 21.8. The van der Waals surface area contributed by atoms with Gasteiger partial charge in [0.1, 0.15) is 0 Å². The van der Waals surface area contributed by atoms with Gasteiger partial charge in [0.15, 0.2) is 14.7 Å². The van der Waals surface area contributed by atoms with Crippen LogP contribution in [-0.4, -0.2) is 7.05 Å². The summed E-state index contributed by atoms with van der Waals surface area (Å²) in [5.74, 6) is 0. The summed E-state index contributed by atoms with van der Waals surface area (Å²) in [7, 11) is 2.04. The molecule has 0 radical (unpaired) electrons. The summed E-state index contributed by atoms with van der Waals surface area (Å²) in [5.41, 5.74) is 2.62. The number of fused-ring (bicyclic) bond motifs is 1. The van der Waals surface area contributed by atoms with Gasteiger partial charge in [0.2, 0.25) is 0 Å². The van der Waals surface area contributed by atoms with E-state index in [4.69, 9.17) is 0 Å². The topological polar surface area (TPSA) is 3.24 Å². The zero-order valence-corrected chi connectivity index (χ0v) is 19.0. The standard InChI is InChI=1S/C30H26NS/c1-31(29-21-12-15-24-13-8-10-20-28(24)29)23-25-14-9-11-22-30(25)32(26-16-4-2-5-17-26)27-18-6-3-7-19-27/h2-22H,23H2,1H3/q+1. The molecule has 0 aromatic heterocycles. The summed E-state index contributed by atoms with van der Waals surface area (Å²) < 4.78 is 0. The smallest absolute Gasteiger partial charge is 0.171 e. The number of benzene rings is 5. The molecular weight excluding hydrogens is 406 g/mol. The van der Waals surface area contributed by atoms with Gasteiger partial charge in [-0.15, -0.1) is 0 Å². The van der Waals surface area contributed by atoms with Gasteiger partial charge in [0.05, 0.1) is 10.9 Å². The summed E-state index contributed by atoms with van der Waals surface area (Å²) in [4.78, 5) is 6.45. The molecule has 0 aliphatic heterocycles. The molecule has 0 N–H and O–H groups in total. The maximum Gasteiger partial charge on any atom is 0.171 e. The van der Waals surface area contributed by atoms with E-state index in [9.17, 15) is 0 Å². The lowest BCUT2D eigenvalue weighted by Gasteiger charge is -2.22. The van der Waals surface area contributed by atoms with E-state index in [2.05, 4.69) is 139 Å². The van der Waals surface area contributed by atoms with Gasteiger partial charge >= 0.3 is 0 Å². The van der Waals surface area contributed by atoms with Gasteiger partial charge in [-0.1, -0.05) is 91.0 Å². The largest absolute Gasteiger partial charge is 0.370 e. The quantitative estimate of drug-likeness (QED) is 0.250. The molecule has 0 heterocycles. The van der Waals surface area contributed by atoms with Gasteiger partial charge in [-0.05, 0) is 41.8 Å². The molecule has 0 aliphatic rings. The molecule has 0 saturated carbocycles. The first-order chi connectivity index (χ1) is 15.8. The molecule has 2 heteroatoms. The highest BCUT2D eigenvalue weighted by Crippen LogP contribution is 2.34. The number of hydrogen-bond acceptors (Lipinski definition) is 1. The molecular formula is C30H26NS+. The van der Waals surface area contributed by atoms with E-state index in [0.29, 0.717) is 0 Å². The van der Waals surface area contributed by atoms with Crippen LogP contribution in [0.5, 0.6) is 0 Å². The SMILES string of the molecule is CN(Cc1ccccc1[S+](c1ccccc1)c1ccccc1)c1cccc2ccccc12. The van der Waals surface area contributed by atoms with Crippen molar-refractivity contribution in [3.8, 4) is 0 Å². The molecule has 1 nitrogen and oxygen atoms in total. The van der Waals surface area contributed by atoms with E-state index in [1.165, 1.54) is 36.7 Å². The van der Waals surface area contributed by atoms with Gasteiger partial charge in [0.25, 0.3) is 0 Å². The predicted octanol–water partition coefficient (Wildman–Crippen LogP) is 7.57. The highest BCUT2D eigenvalue weighted by molar-refractivity contribution is 7.97. The third-order valence-corrected chi connectivity index (χ3v) is 8.06. The van der Waals surface area contributed by atoms with Crippen LogP contribution in [0.3, 0.4) is 0 Å². The van der Waals surface area contributed by atoms with E-state index >= 15 is 0 Å². The monoisotopic (exact) mass is 432 g/mol. The second-order valence-corrected chi connectivity index (χ2v) is 9.89. The first-order valence-corrected chi connectivity index (χ1v) is 12.1. The average molecular weight is 433 g/mol. The minimum Gasteiger partial charge on any atom is -0.370 e. The van der Waals surface area contributed by atoms with Crippen molar-refractivity contribution in [1.29, 1.82) is 0 Å². The molecule has 5 aromatic carbocycles. The van der Waals surface area contributed by atoms with E-state index in [-0.39, 0.29) is 10.9 Å². The first kappa shape index (κ1) is 20.4. The van der Waals surface area contributed by atoms with Gasteiger partial charge in [-0.3, -0.25) is 0 Å². The highest BCUT2D eigenvalue weighted by Gasteiger charge is 2.31. The fourth-order valence-electron chi connectivity index (χ4n) is 4.22. The summed E-state index contributed by atoms with van der Waals surface area (Å²) in [6.07, 6.45) is 0. The average Bonchev–Trinajstić information content (AvgIpc) is 2.86. The molecule has 156 valence electrons. The van der Waals surface area contributed by atoms with Crippen molar-refractivity contribution in [2.75, 3.05) is 11.9 Å². The van der Waals surface area contributed by atoms with E-state index in [0.717, 1.165) is 6.54 Å². The third kappa shape index (κ3) is 4.15. The molecule has 0 bridgehead atoms. The minimum absolute atomic E-state index is 0.153. The summed E-state index contributed by atoms with van der Waals surface area (Å²) in [6.45, 7) is 0.855. The second-order valence-electron chi connectivity index (χ2n) is 7.89. The van der Waals surface area contributed by atoms with Crippen LogP contribution in [0.1, 0.15) is 5.56 Å². The van der Waals surface area contributed by atoms with E-state index in [1.807, 2.05) is 0 Å². The summed E-state index contributed by atoms with van der Waals surface area (Å²) in [6, 6.07) is 45.8. The minimum atomic E-state index is -0.153. The Hall–Kier alpha value is -3.49. The number of nitrogens with zero attached hydrogens (tertiary/aromatic N) is 1. The molecule has 0 amide bonds. The molecule has 0 saturated heterocycles. The normalized spacial score (nSPS) is 11.1. The van der Waals surface area contributed by atoms with Crippen LogP contribution in [0, 0.1) is 0 Å². The fourth-order valence-corrected chi connectivity index (χ4v) is 6.47. The Morgan fingerprint density at radius 3 is 1.84 bits per heavy atom. The van der Waals surface area contributed by atoms with Gasteiger partial charge < -0.3 is 4.90 Å². The molecule has 0 spiro atoms. The Morgan fingerprint density at radius 2 is 1.12 bits per heavy atom. The van der Waals surface area contributed by atoms with Crippen LogP contribution in [-0.2, 0) is 17.4 Å². The molecule has 0 unspecified atom stereocenters. The molecule has 5 aromatic rings. The van der Waals surface area contributed by atoms with Crippen molar-refractivity contribution in [2.45, 2.75) is 21.2 Å². The molecule has 0 atom stereocenters. The maximum absolute atomic E-state index is 2.37. The van der Waals surface area contributed by atoms with Gasteiger partial charge in [-0.2, -0.15) is 0 Å². The predicted molar refractivity (Wildman–Crippen MR) is 138 cm³/mol. The zero-order valence-electron chi connectivity index (χ0n) is 18.2. The maximum atomic E-state index is 2.37. The van der Waals surface area contributed by atoms with E-state index < -0.39 is 0 Å². The lowest BCUT2D eigenvalue weighted by atomic mass is 10.1. The van der Waals surface area contributed by atoms with Crippen molar-refractivity contribution < 1.29 is 0 Å². The van der Waals surface area contributed by atoms with Crippen molar-refractivity contribution in [2.24, 2.45) is 0 Å². The van der Waals surface area contributed by atoms with Gasteiger partial charge in [0, 0.05) is 30.2 Å². The van der Waals surface area contributed by atoms with E-state index in [1.54, 1.807) is 0 Å². The van der Waals surface area contributed by atoms with Crippen molar-refractivity contribution >= 4 is 27.4 Å². The Morgan fingerprint density at radius 1 is 0.562 bits per heavy atom. The second kappa shape index (κ2) is 9.33. The van der Waals surface area contributed by atoms with Crippen molar-refractivity contribution in [3.63, 3.8) is 0 Å². The molecule has 0 fully saturated rings. The number of hydrogen-bond donors (Lipinski definition) is 0. The highest BCUT2D eigenvalue weighted by atomic mass is 32.2. The Kier molecular flexibility index (Phi) is 5.96. The van der Waals surface area contributed by atoms with Crippen molar-refractivity contribution in [1.82, 2.24) is 0 Å². The number of rotatable bonds is 6. The molecule has 32 heavy (non-hydrogen) atoms. The lowest BCUT2D eigenvalue weighted by molar-refractivity contribution is 0.905. The Balaban J connectivity index is 1.57. The summed E-state index contributed by atoms with van der Waals surface area (Å²) >= 11 is 0. The van der Waals surface area contributed by atoms with Crippen LogP contribution in [0.15, 0.2) is 142 Å². The first-order valence-electron chi connectivity index (χ1n) is 10.9. The Bertz CT molecular complexity index is 1270. The third-order valence-electron chi connectivity index (χ3n) is 5.74. The van der Waals surface area contributed by atoms with Crippen LogP contribution < -0.4 is 4.90 Å². The molecule has 5 rings (SSSR count). The van der Waals surface area contributed by atoms with Crippen molar-refractivity contribution in [3.05, 3.63) is 133 Å². The van der Waals surface area contributed by atoms with Gasteiger partial charge in [-0.25, -0.2) is 0 Å². The Labute approximate surface area is 193 Å². The number of anilines is 1. The fraction of sp³-hybridized carbons (Fsp3) is 0.0667. The van der Waals surface area contributed by atoms with Crippen LogP contribution in [0.4, 0.5) is 5.69 Å². The molecule has 0 aliphatic carbocycles. The van der Waals surface area contributed by atoms with Crippen LogP contribution >= 0.6 is 0 Å². The summed E-state index contributed by atoms with van der Waals surface area (Å²) in [5, 5.41) is 2.57.